The van der Waals surface area contributed by atoms with Crippen molar-refractivity contribution in [2.24, 2.45) is 10.7 Å². The third-order valence-corrected chi connectivity index (χ3v) is 1.23. The number of ketones is 1. The number of nitrogens with two attached hydrogens (primary N) is 1. The number of hydrogen-bond acceptors (Lipinski definition) is 3. The summed E-state index contributed by atoms with van der Waals surface area (Å²) in [5.74, 6) is -0.652. The lowest BCUT2D eigenvalue weighted by atomic mass is 10.2. The highest BCUT2D eigenvalue weighted by molar-refractivity contribution is 6.12. The molecule has 0 saturated carbocycles. The summed E-state index contributed by atoms with van der Waals surface area (Å²) in [5, 5.41) is 0. The molecule has 0 rings (SSSR count). The lowest BCUT2D eigenvalue weighted by molar-refractivity contribution is -0.116. The van der Waals surface area contributed by atoms with E-state index in [1.165, 1.54) is 19.2 Å². The van der Waals surface area contributed by atoms with Gasteiger partial charge in [0, 0.05) is 6.21 Å². The van der Waals surface area contributed by atoms with Crippen LogP contribution in [0, 0.1) is 0 Å². The Hall–Kier alpha value is -1.71. The molecule has 0 bridgehead atoms. The van der Waals surface area contributed by atoms with E-state index in [1.54, 1.807) is 6.92 Å². The second kappa shape index (κ2) is 5.85. The molecular formula is C10H14N2O2. The molecule has 0 saturated heterocycles. The van der Waals surface area contributed by atoms with Gasteiger partial charge in [-0.15, -0.1) is 0 Å². The first-order valence-corrected chi connectivity index (χ1v) is 4.09. The number of allylic oxidation sites excluding steroid dienone is 2. The normalized spacial score (nSPS) is 11.7. The monoisotopic (exact) mass is 194 g/mol. The first kappa shape index (κ1) is 12.3. The van der Waals surface area contributed by atoms with Crippen LogP contribution in [0.3, 0.4) is 0 Å². The molecule has 0 aromatic carbocycles. The molecule has 0 radical (unpaired) electrons. The number of amides is 1. The molecule has 0 fully saturated rings. The Kier molecular flexibility index (Phi) is 5.14. The maximum absolute atomic E-state index is 10.8. The Labute approximate surface area is 83.2 Å². The highest BCUT2D eigenvalue weighted by Crippen LogP contribution is 1.97. The van der Waals surface area contributed by atoms with Gasteiger partial charge in [0.25, 0.3) is 0 Å². The minimum Gasteiger partial charge on any atom is -0.366 e. The number of primary amides is 1. The molecule has 0 aliphatic carbocycles. The number of Topliss-reactive ketones (excluding diaryl/α,β-unsaturated/α-hetero) is 1. The molecule has 0 unspecified atom stereocenters. The fourth-order valence-electron chi connectivity index (χ4n) is 0.710. The summed E-state index contributed by atoms with van der Waals surface area (Å²) in [6, 6.07) is 0. The average molecular weight is 194 g/mol. The molecule has 0 atom stereocenters. The minimum absolute atomic E-state index is 0.0564. The topological polar surface area (TPSA) is 72.5 Å². The highest BCUT2D eigenvalue weighted by atomic mass is 16.1. The SMILES string of the molecule is C=C(C)/C=C(\C=NCC(C)=O)C(N)=O. The van der Waals surface area contributed by atoms with Crippen molar-refractivity contribution in [3.8, 4) is 0 Å². The molecule has 4 heteroatoms. The van der Waals surface area contributed by atoms with E-state index in [4.69, 9.17) is 5.73 Å². The fraction of sp³-hybridized carbons (Fsp3) is 0.300. The summed E-state index contributed by atoms with van der Waals surface area (Å²) in [5.41, 5.74) is 6.03. The molecule has 0 aliphatic rings. The smallest absolute Gasteiger partial charge is 0.250 e. The maximum atomic E-state index is 10.8. The zero-order chi connectivity index (χ0) is 11.1. The van der Waals surface area contributed by atoms with E-state index >= 15 is 0 Å². The standard InChI is InChI=1S/C10H14N2O2/c1-7(2)4-9(10(11)14)6-12-5-8(3)13/h4,6H,1,5H2,2-3H3,(H2,11,14)/b9-4+,12-6?. The van der Waals surface area contributed by atoms with Crippen LogP contribution in [0.5, 0.6) is 0 Å². The van der Waals surface area contributed by atoms with Gasteiger partial charge in [-0.1, -0.05) is 12.2 Å². The summed E-state index contributed by atoms with van der Waals surface area (Å²) in [4.78, 5) is 25.2. The van der Waals surface area contributed by atoms with Crippen LogP contribution < -0.4 is 5.73 Å². The number of hydrogen-bond donors (Lipinski definition) is 1. The van der Waals surface area contributed by atoms with Crippen molar-refractivity contribution in [2.45, 2.75) is 13.8 Å². The van der Waals surface area contributed by atoms with Gasteiger partial charge in [0.15, 0.2) is 5.78 Å². The van der Waals surface area contributed by atoms with Gasteiger partial charge in [-0.3, -0.25) is 14.6 Å². The zero-order valence-corrected chi connectivity index (χ0v) is 8.41. The summed E-state index contributed by atoms with van der Waals surface area (Å²) in [6.45, 7) is 6.82. The summed E-state index contributed by atoms with van der Waals surface area (Å²) >= 11 is 0. The minimum atomic E-state index is -0.583. The van der Waals surface area contributed by atoms with Gasteiger partial charge in [-0.25, -0.2) is 0 Å². The molecule has 0 aromatic rings. The molecule has 0 spiro atoms. The summed E-state index contributed by atoms with van der Waals surface area (Å²) in [6.07, 6.45) is 2.81. The number of carbonyl (C=O) groups excluding carboxylic acids is 2. The summed E-state index contributed by atoms with van der Waals surface area (Å²) in [7, 11) is 0. The molecule has 1 amide bonds. The van der Waals surface area contributed by atoms with Crippen LogP contribution in [0.25, 0.3) is 0 Å². The van der Waals surface area contributed by atoms with E-state index in [2.05, 4.69) is 11.6 Å². The molecule has 2 N–H and O–H groups in total. The lowest BCUT2D eigenvalue weighted by Crippen LogP contribution is -2.15. The largest absolute Gasteiger partial charge is 0.366 e. The van der Waals surface area contributed by atoms with E-state index in [0.29, 0.717) is 5.57 Å². The second-order valence-corrected chi connectivity index (χ2v) is 2.98. The van der Waals surface area contributed by atoms with Gasteiger partial charge < -0.3 is 5.73 Å². The molecule has 0 aliphatic heterocycles. The van der Waals surface area contributed by atoms with Crippen molar-refractivity contribution >= 4 is 17.9 Å². The number of nitrogens with zero attached hydrogens (tertiary/aromatic N) is 1. The van der Waals surface area contributed by atoms with Crippen LogP contribution in [0.4, 0.5) is 0 Å². The van der Waals surface area contributed by atoms with E-state index < -0.39 is 5.91 Å². The number of carbonyl (C=O) groups is 2. The fourth-order valence-corrected chi connectivity index (χ4v) is 0.710. The lowest BCUT2D eigenvalue weighted by Gasteiger charge is -1.95. The molecular weight excluding hydrogens is 180 g/mol. The number of aliphatic imine (C=N–C) groups is 1. The molecule has 76 valence electrons. The van der Waals surface area contributed by atoms with Crippen LogP contribution in [0.2, 0.25) is 0 Å². The van der Waals surface area contributed by atoms with Gasteiger partial charge in [-0.05, 0) is 19.9 Å². The van der Waals surface area contributed by atoms with E-state index in [0.717, 1.165) is 0 Å². The van der Waals surface area contributed by atoms with Gasteiger partial charge in [-0.2, -0.15) is 0 Å². The van der Waals surface area contributed by atoms with E-state index in [1.807, 2.05) is 0 Å². The molecule has 4 nitrogen and oxygen atoms in total. The Morgan fingerprint density at radius 3 is 2.36 bits per heavy atom. The third-order valence-electron chi connectivity index (χ3n) is 1.23. The Balaban J connectivity index is 4.54. The first-order valence-electron chi connectivity index (χ1n) is 4.09. The van der Waals surface area contributed by atoms with Crippen LogP contribution >= 0.6 is 0 Å². The third kappa shape index (κ3) is 5.88. The highest BCUT2D eigenvalue weighted by Gasteiger charge is 2.00. The quantitative estimate of drug-likeness (QED) is 0.396. The van der Waals surface area contributed by atoms with Crippen LogP contribution in [0.1, 0.15) is 13.8 Å². The Morgan fingerprint density at radius 2 is 2.00 bits per heavy atom. The second-order valence-electron chi connectivity index (χ2n) is 2.98. The Bertz CT molecular complexity index is 314. The van der Waals surface area contributed by atoms with Crippen molar-refractivity contribution in [3.05, 3.63) is 23.8 Å². The van der Waals surface area contributed by atoms with Crippen LogP contribution in [0.15, 0.2) is 28.8 Å². The van der Waals surface area contributed by atoms with Gasteiger partial charge >= 0.3 is 0 Å². The predicted molar refractivity (Wildman–Crippen MR) is 56.1 cm³/mol. The molecule has 14 heavy (non-hydrogen) atoms. The maximum Gasteiger partial charge on any atom is 0.250 e. The van der Waals surface area contributed by atoms with E-state index in [9.17, 15) is 9.59 Å². The van der Waals surface area contributed by atoms with Crippen molar-refractivity contribution in [1.29, 1.82) is 0 Å². The van der Waals surface area contributed by atoms with Crippen molar-refractivity contribution < 1.29 is 9.59 Å². The first-order chi connectivity index (χ1) is 6.43. The van der Waals surface area contributed by atoms with E-state index in [-0.39, 0.29) is 17.9 Å². The Morgan fingerprint density at radius 1 is 1.43 bits per heavy atom. The van der Waals surface area contributed by atoms with Gasteiger partial charge in [0.05, 0.1) is 12.1 Å². The average Bonchev–Trinajstić information content (AvgIpc) is 2.00. The van der Waals surface area contributed by atoms with Crippen molar-refractivity contribution in [3.63, 3.8) is 0 Å². The van der Waals surface area contributed by atoms with Crippen LogP contribution in [-0.4, -0.2) is 24.4 Å². The molecule has 0 aromatic heterocycles. The van der Waals surface area contributed by atoms with Crippen molar-refractivity contribution in [2.75, 3.05) is 6.54 Å². The van der Waals surface area contributed by atoms with Crippen LogP contribution in [-0.2, 0) is 9.59 Å². The van der Waals surface area contributed by atoms with Gasteiger partial charge in [0.1, 0.15) is 0 Å². The number of rotatable bonds is 5. The zero-order valence-electron chi connectivity index (χ0n) is 8.41. The summed E-state index contributed by atoms with van der Waals surface area (Å²) < 4.78 is 0. The molecule has 0 heterocycles. The van der Waals surface area contributed by atoms with Crippen molar-refractivity contribution in [1.82, 2.24) is 0 Å². The van der Waals surface area contributed by atoms with Gasteiger partial charge in [0.2, 0.25) is 5.91 Å². The predicted octanol–water partition coefficient (Wildman–Crippen LogP) is 0.634.